The second-order valence-electron chi connectivity index (χ2n) is 9.39. The Morgan fingerprint density at radius 1 is 1.21 bits per heavy atom. The molecule has 1 aromatic heterocycles. The van der Waals surface area contributed by atoms with E-state index in [0.29, 0.717) is 18.8 Å². The fourth-order valence-electron chi connectivity index (χ4n) is 4.79. The number of aromatic nitrogens is 2. The lowest BCUT2D eigenvalue weighted by atomic mass is 9.94. The van der Waals surface area contributed by atoms with Crippen LogP contribution in [0.25, 0.3) is 0 Å². The minimum absolute atomic E-state index is 0.134. The van der Waals surface area contributed by atoms with Crippen molar-refractivity contribution in [3.8, 4) is 0 Å². The van der Waals surface area contributed by atoms with Gasteiger partial charge in [-0.25, -0.2) is 0 Å². The van der Waals surface area contributed by atoms with Gasteiger partial charge in [-0.05, 0) is 39.3 Å². The van der Waals surface area contributed by atoms with Crippen molar-refractivity contribution in [2.45, 2.75) is 84.3 Å². The van der Waals surface area contributed by atoms with Gasteiger partial charge >= 0.3 is 0 Å². The zero-order valence-corrected chi connectivity index (χ0v) is 20.7. The van der Waals surface area contributed by atoms with Crippen molar-refractivity contribution >= 4 is 17.7 Å². The van der Waals surface area contributed by atoms with Gasteiger partial charge < -0.3 is 20.4 Å². The van der Waals surface area contributed by atoms with E-state index in [-0.39, 0.29) is 36.0 Å². The van der Waals surface area contributed by atoms with Gasteiger partial charge in [-0.2, -0.15) is 5.10 Å². The molecule has 1 atom stereocenters. The molecule has 9 nitrogen and oxygen atoms in total. The summed E-state index contributed by atoms with van der Waals surface area (Å²) < 4.78 is 1.54. The van der Waals surface area contributed by atoms with Crippen molar-refractivity contribution in [3.05, 3.63) is 17.5 Å². The first-order valence-electron chi connectivity index (χ1n) is 12.5. The zero-order valence-electron chi connectivity index (χ0n) is 20.7. The second kappa shape index (κ2) is 11.1. The number of fused-ring (bicyclic) bond motifs is 1. The summed E-state index contributed by atoms with van der Waals surface area (Å²) in [5, 5.41) is 10.5. The van der Waals surface area contributed by atoms with Crippen molar-refractivity contribution in [2.24, 2.45) is 0 Å². The number of carbonyl (C=O) groups is 3. The number of hydrogen-bond acceptors (Lipinski definition) is 5. The van der Waals surface area contributed by atoms with E-state index in [9.17, 15) is 14.4 Å². The monoisotopic (exact) mass is 460 g/mol. The molecule has 1 aliphatic heterocycles. The van der Waals surface area contributed by atoms with E-state index >= 15 is 0 Å². The van der Waals surface area contributed by atoms with Gasteiger partial charge in [0.05, 0.1) is 6.54 Å². The van der Waals surface area contributed by atoms with Gasteiger partial charge in [0.2, 0.25) is 5.91 Å². The molecule has 2 heterocycles. The van der Waals surface area contributed by atoms with Gasteiger partial charge in [0.25, 0.3) is 11.8 Å². The van der Waals surface area contributed by atoms with Gasteiger partial charge in [0, 0.05) is 31.7 Å². The van der Waals surface area contributed by atoms with E-state index in [0.717, 1.165) is 58.2 Å². The molecular weight excluding hydrogens is 420 g/mol. The summed E-state index contributed by atoms with van der Waals surface area (Å²) in [6.45, 7) is 11.9. The lowest BCUT2D eigenvalue weighted by Gasteiger charge is -2.43. The van der Waals surface area contributed by atoms with E-state index < -0.39 is 5.54 Å². The number of rotatable bonds is 11. The number of carbonyl (C=O) groups excluding carboxylic acids is 3. The van der Waals surface area contributed by atoms with Crippen LogP contribution >= 0.6 is 0 Å². The molecule has 0 radical (unpaired) electrons. The van der Waals surface area contributed by atoms with Gasteiger partial charge in [-0.1, -0.05) is 40.0 Å². The predicted molar refractivity (Wildman–Crippen MR) is 127 cm³/mol. The third-order valence-electron chi connectivity index (χ3n) is 7.05. The molecular formula is C24H40N6O3. The van der Waals surface area contributed by atoms with Crippen LogP contribution in [0.1, 0.15) is 87.2 Å². The molecule has 1 aromatic rings. The molecule has 0 spiro atoms. The molecule has 2 aliphatic rings. The zero-order chi connectivity index (χ0) is 24.0. The quantitative estimate of drug-likeness (QED) is 0.526. The summed E-state index contributed by atoms with van der Waals surface area (Å²) in [5.74, 6) is -0.673. The number of hydrogen-bond donors (Lipinski definition) is 2. The number of nitrogens with one attached hydrogen (secondary N) is 2. The molecule has 3 amide bonds. The second-order valence-corrected chi connectivity index (χ2v) is 9.39. The highest BCUT2D eigenvalue weighted by atomic mass is 16.2. The molecule has 0 aromatic carbocycles. The Kier molecular flexibility index (Phi) is 8.51. The first kappa shape index (κ1) is 25.2. The van der Waals surface area contributed by atoms with Gasteiger partial charge in [0.15, 0.2) is 5.69 Å². The third-order valence-corrected chi connectivity index (χ3v) is 7.05. The highest BCUT2D eigenvalue weighted by Gasteiger charge is 2.48. The normalized spacial score (nSPS) is 20.9. The summed E-state index contributed by atoms with van der Waals surface area (Å²) in [7, 11) is 0. The maximum Gasteiger partial charge on any atom is 0.273 e. The molecule has 0 bridgehead atoms. The Labute approximate surface area is 197 Å². The fourth-order valence-corrected chi connectivity index (χ4v) is 4.79. The van der Waals surface area contributed by atoms with Gasteiger partial charge in [0.1, 0.15) is 11.2 Å². The van der Waals surface area contributed by atoms with E-state index in [4.69, 9.17) is 0 Å². The molecule has 9 heteroatoms. The summed E-state index contributed by atoms with van der Waals surface area (Å²) in [5.41, 5.74) is -0.454. The minimum atomic E-state index is -1.04. The largest absolute Gasteiger partial charge is 0.351 e. The van der Waals surface area contributed by atoms with Crippen LogP contribution < -0.4 is 10.6 Å². The van der Waals surface area contributed by atoms with Crippen molar-refractivity contribution < 1.29 is 14.4 Å². The van der Waals surface area contributed by atoms with E-state index in [1.807, 2.05) is 6.92 Å². The fraction of sp³-hybridized carbons (Fsp3) is 0.750. The average Bonchev–Trinajstić information content (AvgIpc) is 3.46. The first-order chi connectivity index (χ1) is 15.8. The minimum Gasteiger partial charge on any atom is -0.351 e. The SMILES string of the molecule is CCCCN1C(=O)c2cc(C(=O)NCCN(CC)CC)nn2C[C@@]1(C)C(=O)NC1CCCC1. The number of amides is 3. The Morgan fingerprint density at radius 3 is 2.55 bits per heavy atom. The van der Waals surface area contributed by atoms with Crippen LogP contribution in [0.15, 0.2) is 6.07 Å². The molecule has 0 unspecified atom stereocenters. The van der Waals surface area contributed by atoms with E-state index in [1.54, 1.807) is 11.0 Å². The lowest BCUT2D eigenvalue weighted by Crippen LogP contribution is -2.65. The Balaban J connectivity index is 1.77. The number of nitrogens with zero attached hydrogens (tertiary/aromatic N) is 4. The summed E-state index contributed by atoms with van der Waals surface area (Å²) in [4.78, 5) is 43.4. The molecule has 1 aliphatic carbocycles. The van der Waals surface area contributed by atoms with Gasteiger partial charge in [-0.3, -0.25) is 19.1 Å². The highest BCUT2D eigenvalue weighted by Crippen LogP contribution is 2.29. The maximum atomic E-state index is 13.4. The summed E-state index contributed by atoms with van der Waals surface area (Å²) in [6, 6.07) is 1.73. The topological polar surface area (TPSA) is 99.6 Å². The molecule has 0 saturated heterocycles. The van der Waals surface area contributed by atoms with E-state index in [2.05, 4.69) is 41.4 Å². The molecule has 33 heavy (non-hydrogen) atoms. The molecule has 3 rings (SSSR count). The molecule has 1 saturated carbocycles. The lowest BCUT2D eigenvalue weighted by molar-refractivity contribution is -0.133. The van der Waals surface area contributed by atoms with Crippen molar-refractivity contribution in [1.29, 1.82) is 0 Å². The number of unbranched alkanes of at least 4 members (excludes halogenated alkanes) is 1. The Hall–Kier alpha value is -2.42. The highest BCUT2D eigenvalue weighted by molar-refractivity contribution is 6.01. The van der Waals surface area contributed by atoms with Crippen molar-refractivity contribution in [1.82, 2.24) is 30.2 Å². The molecule has 2 N–H and O–H groups in total. The Morgan fingerprint density at radius 2 is 1.91 bits per heavy atom. The predicted octanol–water partition coefficient (Wildman–Crippen LogP) is 2.03. The van der Waals surface area contributed by atoms with Crippen LogP contribution in [0.5, 0.6) is 0 Å². The number of likely N-dealkylation sites (N-methyl/N-ethyl adjacent to an activating group) is 1. The smallest absolute Gasteiger partial charge is 0.273 e. The standard InChI is InChI=1S/C24H40N6O3/c1-5-8-14-29-22(32)20-16-19(21(31)25-13-15-28(6-2)7-3)27-30(20)17-24(29,4)23(33)26-18-11-9-10-12-18/h16,18H,5-15,17H2,1-4H3,(H,25,31)(H,26,33)/t24-/m0/s1. The maximum absolute atomic E-state index is 13.4. The molecule has 184 valence electrons. The van der Waals surface area contributed by atoms with Crippen molar-refractivity contribution in [2.75, 3.05) is 32.7 Å². The first-order valence-corrected chi connectivity index (χ1v) is 12.5. The van der Waals surface area contributed by atoms with E-state index in [1.165, 1.54) is 4.68 Å². The third kappa shape index (κ3) is 5.57. The van der Waals surface area contributed by atoms with Crippen LogP contribution in [-0.2, 0) is 11.3 Å². The van der Waals surface area contributed by atoms with Crippen LogP contribution in [0.4, 0.5) is 0 Å². The summed E-state index contributed by atoms with van der Waals surface area (Å²) in [6.07, 6.45) is 5.94. The van der Waals surface area contributed by atoms with Crippen molar-refractivity contribution in [3.63, 3.8) is 0 Å². The summed E-state index contributed by atoms with van der Waals surface area (Å²) >= 11 is 0. The Bertz CT molecular complexity index is 843. The van der Waals surface area contributed by atoms with Crippen LogP contribution in [0, 0.1) is 0 Å². The molecule has 1 fully saturated rings. The van der Waals surface area contributed by atoms with Crippen LogP contribution in [0.3, 0.4) is 0 Å². The van der Waals surface area contributed by atoms with Gasteiger partial charge in [-0.15, -0.1) is 0 Å². The average molecular weight is 461 g/mol. The van der Waals surface area contributed by atoms with Crippen LogP contribution in [-0.4, -0.2) is 81.6 Å². The van der Waals surface area contributed by atoms with Crippen LogP contribution in [0.2, 0.25) is 0 Å².